The molecule has 26 heavy (non-hydrogen) atoms. The lowest BCUT2D eigenvalue weighted by molar-refractivity contribution is -0.162. The van der Waals surface area contributed by atoms with Crippen LogP contribution in [-0.2, 0) is 9.59 Å². The molecule has 0 bridgehead atoms. The highest BCUT2D eigenvalue weighted by Gasteiger charge is 2.63. The van der Waals surface area contributed by atoms with Gasteiger partial charge in [0, 0.05) is 30.6 Å². The number of alkyl halides is 1. The molecule has 4 aliphatic rings. The topological polar surface area (TPSA) is 54.4 Å². The van der Waals surface area contributed by atoms with Crippen LogP contribution in [0, 0.1) is 40.4 Å². The second kappa shape index (κ2) is 6.58. The number of fused-ring (bicyclic) bond motifs is 5. The molecule has 0 aromatic rings. The lowest BCUT2D eigenvalue weighted by Crippen LogP contribution is -2.58. The van der Waals surface area contributed by atoms with Crippen LogP contribution < -0.4 is 0 Å². The van der Waals surface area contributed by atoms with Gasteiger partial charge in [-0.1, -0.05) is 13.8 Å². The number of carbonyl (C=O) groups is 2. The van der Waals surface area contributed by atoms with E-state index in [1.165, 1.54) is 0 Å². The first-order valence-corrected chi connectivity index (χ1v) is 11.1. The monoisotopic (exact) mass is 380 g/mol. The predicted molar refractivity (Wildman–Crippen MR) is 102 cm³/mol. The predicted octanol–water partition coefficient (Wildman–Crippen LogP) is 4.38. The molecule has 4 rings (SSSR count). The molecular formula is C22H33ClO3. The smallest absolute Gasteiger partial charge is 0.137 e. The van der Waals surface area contributed by atoms with E-state index in [2.05, 4.69) is 13.8 Å². The van der Waals surface area contributed by atoms with Crippen molar-refractivity contribution < 1.29 is 14.7 Å². The molecule has 4 fully saturated rings. The van der Waals surface area contributed by atoms with Crippen LogP contribution in [0.5, 0.6) is 0 Å². The summed E-state index contributed by atoms with van der Waals surface area (Å²) in [7, 11) is 0. The van der Waals surface area contributed by atoms with Gasteiger partial charge in [-0.25, -0.2) is 0 Å². The van der Waals surface area contributed by atoms with Crippen LogP contribution in [0.2, 0.25) is 0 Å². The maximum absolute atomic E-state index is 13.4. The summed E-state index contributed by atoms with van der Waals surface area (Å²) < 4.78 is 0. The Morgan fingerprint density at radius 2 is 1.92 bits per heavy atom. The van der Waals surface area contributed by atoms with Gasteiger partial charge in [-0.2, -0.15) is 0 Å². The van der Waals surface area contributed by atoms with Crippen molar-refractivity contribution in [1.29, 1.82) is 0 Å². The molecule has 146 valence electrons. The highest BCUT2D eigenvalue weighted by Crippen LogP contribution is 2.66. The van der Waals surface area contributed by atoms with E-state index in [1.54, 1.807) is 0 Å². The Labute approximate surface area is 162 Å². The Morgan fingerprint density at radius 3 is 2.65 bits per heavy atom. The number of aliphatic hydroxyl groups is 1. The molecule has 0 heterocycles. The molecular weight excluding hydrogens is 348 g/mol. The molecule has 4 heteroatoms. The van der Waals surface area contributed by atoms with Crippen molar-refractivity contribution in [3.05, 3.63) is 0 Å². The Balaban J connectivity index is 1.63. The van der Waals surface area contributed by atoms with Crippen LogP contribution in [0.3, 0.4) is 0 Å². The Hall–Kier alpha value is -0.410. The van der Waals surface area contributed by atoms with Crippen molar-refractivity contribution in [2.75, 3.05) is 5.88 Å². The first kappa shape index (κ1) is 18.9. The van der Waals surface area contributed by atoms with Gasteiger partial charge < -0.3 is 5.11 Å². The van der Waals surface area contributed by atoms with E-state index in [4.69, 9.17) is 11.6 Å². The van der Waals surface area contributed by atoms with Crippen molar-refractivity contribution in [2.24, 2.45) is 40.4 Å². The average Bonchev–Trinajstić information content (AvgIpc) is 2.92. The van der Waals surface area contributed by atoms with Crippen LogP contribution in [-0.4, -0.2) is 28.7 Å². The molecule has 0 aromatic carbocycles. The molecule has 4 aliphatic carbocycles. The summed E-state index contributed by atoms with van der Waals surface area (Å²) in [6.07, 6.45) is 7.76. The molecule has 0 unspecified atom stereocenters. The third-order valence-corrected chi connectivity index (χ3v) is 9.24. The largest absolute Gasteiger partial charge is 0.393 e. The normalized spacial score (nSPS) is 50.7. The number of halogens is 1. The molecule has 8 atom stereocenters. The fraction of sp³-hybridized carbons (Fsp3) is 0.909. The zero-order valence-electron chi connectivity index (χ0n) is 16.2. The number of Topliss-reactive ketones (excluding diaryl/α,β-unsaturated/α-hetero) is 2. The summed E-state index contributed by atoms with van der Waals surface area (Å²) in [6.45, 7) is 4.54. The minimum Gasteiger partial charge on any atom is -0.393 e. The van der Waals surface area contributed by atoms with Gasteiger partial charge >= 0.3 is 0 Å². The van der Waals surface area contributed by atoms with E-state index in [9.17, 15) is 14.7 Å². The summed E-state index contributed by atoms with van der Waals surface area (Å²) in [5.74, 6) is 2.66. The maximum atomic E-state index is 13.4. The summed E-state index contributed by atoms with van der Waals surface area (Å²) in [6, 6.07) is 0. The molecule has 4 saturated carbocycles. The van der Waals surface area contributed by atoms with Crippen LogP contribution in [0.25, 0.3) is 0 Å². The SMILES string of the molecule is C[C@]12CC[C@@H](O)C[C@@H]1CC[C@H]1[C@@H]3CC[C@H](C(=O)CCCl)[C@@]3(C)CC(=O)[C@@H]12. The van der Waals surface area contributed by atoms with E-state index in [0.717, 1.165) is 44.9 Å². The van der Waals surface area contributed by atoms with E-state index >= 15 is 0 Å². The second-order valence-electron chi connectivity index (χ2n) is 10.1. The third kappa shape index (κ3) is 2.64. The van der Waals surface area contributed by atoms with Crippen molar-refractivity contribution in [3.63, 3.8) is 0 Å². The highest BCUT2D eigenvalue weighted by atomic mass is 35.5. The number of ketones is 2. The molecule has 0 aromatic heterocycles. The van der Waals surface area contributed by atoms with Gasteiger partial charge in [-0.3, -0.25) is 9.59 Å². The fourth-order valence-corrected chi connectivity index (χ4v) is 8.03. The number of hydrogen-bond acceptors (Lipinski definition) is 3. The van der Waals surface area contributed by atoms with E-state index in [1.807, 2.05) is 0 Å². The molecule has 0 saturated heterocycles. The summed E-state index contributed by atoms with van der Waals surface area (Å²) in [5, 5.41) is 10.1. The number of carbonyl (C=O) groups excluding carboxylic acids is 2. The zero-order valence-corrected chi connectivity index (χ0v) is 16.9. The first-order chi connectivity index (χ1) is 12.3. The van der Waals surface area contributed by atoms with Crippen molar-refractivity contribution >= 4 is 23.2 Å². The molecule has 0 spiro atoms. The maximum Gasteiger partial charge on any atom is 0.137 e. The van der Waals surface area contributed by atoms with Crippen LogP contribution in [0.4, 0.5) is 0 Å². The van der Waals surface area contributed by atoms with Gasteiger partial charge in [-0.05, 0) is 73.5 Å². The fourth-order valence-electron chi connectivity index (χ4n) is 7.85. The molecule has 0 amide bonds. The Morgan fingerprint density at radius 1 is 1.15 bits per heavy atom. The second-order valence-corrected chi connectivity index (χ2v) is 10.5. The number of hydrogen-bond donors (Lipinski definition) is 1. The van der Waals surface area contributed by atoms with Gasteiger partial charge in [0.05, 0.1) is 6.10 Å². The lowest BCUT2D eigenvalue weighted by Gasteiger charge is -2.59. The lowest BCUT2D eigenvalue weighted by atomic mass is 9.44. The van der Waals surface area contributed by atoms with Crippen molar-refractivity contribution in [2.45, 2.75) is 77.7 Å². The Bertz CT molecular complexity index is 604. The van der Waals surface area contributed by atoms with E-state index in [-0.39, 0.29) is 34.6 Å². The standard InChI is InChI=1S/C22H33ClO3/c1-21-9-7-14(24)11-13(21)3-4-15-16-5-6-17(18(25)8-10-23)22(16,2)12-19(26)20(15)21/h13-17,20,24H,3-12H2,1-2H3/t13-,14+,15-,16-,17+,20+,21-,22-/m0/s1. The van der Waals surface area contributed by atoms with E-state index < -0.39 is 0 Å². The van der Waals surface area contributed by atoms with Crippen LogP contribution in [0.15, 0.2) is 0 Å². The molecule has 0 aliphatic heterocycles. The molecule has 3 nitrogen and oxygen atoms in total. The summed E-state index contributed by atoms with van der Waals surface area (Å²) in [5.41, 5.74) is -0.0996. The highest BCUT2D eigenvalue weighted by molar-refractivity contribution is 6.19. The minimum absolute atomic E-state index is 0.0230. The van der Waals surface area contributed by atoms with Crippen LogP contribution >= 0.6 is 11.6 Å². The van der Waals surface area contributed by atoms with Gasteiger partial charge in [-0.15, -0.1) is 11.6 Å². The van der Waals surface area contributed by atoms with Crippen LogP contribution in [0.1, 0.15) is 71.6 Å². The average molecular weight is 381 g/mol. The van der Waals surface area contributed by atoms with Gasteiger partial charge in [0.25, 0.3) is 0 Å². The number of aliphatic hydroxyl groups excluding tert-OH is 1. The van der Waals surface area contributed by atoms with Gasteiger partial charge in [0.1, 0.15) is 11.6 Å². The van der Waals surface area contributed by atoms with Gasteiger partial charge in [0.15, 0.2) is 0 Å². The summed E-state index contributed by atoms with van der Waals surface area (Å²) in [4.78, 5) is 26.1. The molecule has 0 radical (unpaired) electrons. The number of rotatable bonds is 3. The third-order valence-electron chi connectivity index (χ3n) is 9.05. The first-order valence-electron chi connectivity index (χ1n) is 10.6. The van der Waals surface area contributed by atoms with Crippen molar-refractivity contribution in [3.8, 4) is 0 Å². The quantitative estimate of drug-likeness (QED) is 0.739. The van der Waals surface area contributed by atoms with E-state index in [0.29, 0.717) is 42.3 Å². The van der Waals surface area contributed by atoms with Crippen molar-refractivity contribution in [1.82, 2.24) is 0 Å². The molecule has 1 N–H and O–H groups in total. The summed E-state index contributed by atoms with van der Waals surface area (Å²) >= 11 is 5.83. The minimum atomic E-state index is -0.183. The van der Waals surface area contributed by atoms with Gasteiger partial charge in [0.2, 0.25) is 0 Å². The zero-order chi connectivity index (χ0) is 18.7. The Kier molecular flexibility index (Phi) is 4.79.